The van der Waals surface area contributed by atoms with Gasteiger partial charge in [-0.2, -0.15) is 0 Å². The highest BCUT2D eigenvalue weighted by Crippen LogP contribution is 2.30. The van der Waals surface area contributed by atoms with Crippen molar-refractivity contribution in [3.05, 3.63) is 30.5 Å². The minimum Gasteiger partial charge on any atom is -0.497 e. The summed E-state index contributed by atoms with van der Waals surface area (Å²) in [6.45, 7) is 2.29. The molecule has 0 saturated heterocycles. The van der Waals surface area contributed by atoms with Crippen molar-refractivity contribution in [3.63, 3.8) is 0 Å². The van der Waals surface area contributed by atoms with Crippen LogP contribution in [0, 0.1) is 5.92 Å². The predicted molar refractivity (Wildman–Crippen MR) is 88.0 cm³/mol. The average Bonchev–Trinajstić information content (AvgIpc) is 2.55. The number of pyridine rings is 1. The topological polar surface area (TPSA) is 34.1 Å². The lowest BCUT2D eigenvalue weighted by atomic mass is 9.84. The van der Waals surface area contributed by atoms with Crippen LogP contribution >= 0.6 is 0 Å². The molecule has 1 aliphatic carbocycles. The van der Waals surface area contributed by atoms with Gasteiger partial charge in [0.1, 0.15) is 11.6 Å². The molecule has 1 unspecified atom stereocenters. The van der Waals surface area contributed by atoms with Gasteiger partial charge in [-0.25, -0.2) is 4.98 Å². The Kier molecular flexibility index (Phi) is 4.28. The second-order valence-electron chi connectivity index (χ2n) is 6.08. The van der Waals surface area contributed by atoms with Crippen molar-refractivity contribution in [2.24, 2.45) is 5.92 Å². The van der Waals surface area contributed by atoms with E-state index in [0.717, 1.165) is 22.9 Å². The quantitative estimate of drug-likeness (QED) is 0.889. The van der Waals surface area contributed by atoms with E-state index < -0.39 is 0 Å². The maximum atomic E-state index is 5.34. The zero-order valence-corrected chi connectivity index (χ0v) is 12.9. The summed E-state index contributed by atoms with van der Waals surface area (Å²) in [7, 11) is 1.70. The lowest BCUT2D eigenvalue weighted by molar-refractivity contribution is 0.328. The molecule has 3 nitrogen and oxygen atoms in total. The summed E-state index contributed by atoms with van der Waals surface area (Å²) in [5.41, 5.74) is 0. The molecule has 0 radical (unpaired) electrons. The Morgan fingerprint density at radius 1 is 1.19 bits per heavy atom. The van der Waals surface area contributed by atoms with Crippen LogP contribution in [-0.2, 0) is 0 Å². The van der Waals surface area contributed by atoms with Gasteiger partial charge < -0.3 is 10.1 Å². The van der Waals surface area contributed by atoms with Gasteiger partial charge in [-0.15, -0.1) is 0 Å². The molecule has 1 N–H and O–H groups in total. The fourth-order valence-electron chi connectivity index (χ4n) is 3.36. The largest absolute Gasteiger partial charge is 0.497 e. The molecule has 1 atom stereocenters. The number of ether oxygens (including phenoxy) is 1. The Bertz CT molecular complexity index is 605. The van der Waals surface area contributed by atoms with Crippen LogP contribution < -0.4 is 10.1 Å². The third-order valence-corrected chi connectivity index (χ3v) is 4.69. The number of hydrogen-bond donors (Lipinski definition) is 1. The first kappa shape index (κ1) is 14.2. The van der Waals surface area contributed by atoms with Crippen molar-refractivity contribution in [3.8, 4) is 5.75 Å². The summed E-state index contributed by atoms with van der Waals surface area (Å²) in [6.07, 6.45) is 8.68. The van der Waals surface area contributed by atoms with Gasteiger partial charge in [-0.05, 0) is 49.3 Å². The van der Waals surface area contributed by atoms with Crippen LogP contribution in [0.4, 0.5) is 5.82 Å². The van der Waals surface area contributed by atoms with Gasteiger partial charge in [0.05, 0.1) is 7.11 Å². The number of methoxy groups -OCH3 is 1. The highest BCUT2D eigenvalue weighted by Gasteiger charge is 2.20. The molecular weight excluding hydrogens is 260 g/mol. The summed E-state index contributed by atoms with van der Waals surface area (Å²) >= 11 is 0. The molecule has 2 aromatic rings. The normalized spacial score (nSPS) is 17.6. The Morgan fingerprint density at radius 2 is 2.00 bits per heavy atom. The number of rotatable bonds is 4. The van der Waals surface area contributed by atoms with Gasteiger partial charge in [0.2, 0.25) is 0 Å². The highest BCUT2D eigenvalue weighted by molar-refractivity contribution is 5.92. The smallest absolute Gasteiger partial charge is 0.134 e. The fraction of sp³-hybridized carbons (Fsp3) is 0.500. The van der Waals surface area contributed by atoms with Crippen LogP contribution in [0.5, 0.6) is 5.75 Å². The van der Waals surface area contributed by atoms with Crippen molar-refractivity contribution >= 4 is 16.6 Å². The summed E-state index contributed by atoms with van der Waals surface area (Å²) < 4.78 is 5.34. The zero-order valence-electron chi connectivity index (χ0n) is 12.9. The Labute approximate surface area is 126 Å². The first-order chi connectivity index (χ1) is 10.3. The third kappa shape index (κ3) is 3.12. The molecule has 0 spiro atoms. The minimum absolute atomic E-state index is 0.467. The van der Waals surface area contributed by atoms with Crippen LogP contribution in [0.2, 0.25) is 0 Å². The van der Waals surface area contributed by atoms with Crippen LogP contribution in [0.25, 0.3) is 10.8 Å². The second kappa shape index (κ2) is 6.33. The predicted octanol–water partition coefficient (Wildman–Crippen LogP) is 4.62. The maximum absolute atomic E-state index is 5.34. The Hall–Kier alpha value is -1.77. The van der Waals surface area contributed by atoms with Gasteiger partial charge in [-0.1, -0.05) is 25.3 Å². The monoisotopic (exact) mass is 284 g/mol. The minimum atomic E-state index is 0.467. The van der Waals surface area contributed by atoms with Crippen LogP contribution in [-0.4, -0.2) is 18.1 Å². The highest BCUT2D eigenvalue weighted by atomic mass is 16.5. The van der Waals surface area contributed by atoms with Gasteiger partial charge in [-0.3, -0.25) is 0 Å². The molecule has 1 fully saturated rings. The summed E-state index contributed by atoms with van der Waals surface area (Å²) in [6, 6.07) is 8.67. The first-order valence-electron chi connectivity index (χ1n) is 7.97. The standard InChI is InChI=1S/C18H24N2O/c1-13(14-6-4-3-5-7-14)20-18-17-12-16(21-2)9-8-15(17)10-11-19-18/h8-14H,3-7H2,1-2H3,(H,19,20). The van der Waals surface area contributed by atoms with Crippen molar-refractivity contribution in [2.75, 3.05) is 12.4 Å². The van der Waals surface area contributed by atoms with Crippen molar-refractivity contribution < 1.29 is 4.74 Å². The van der Waals surface area contributed by atoms with Gasteiger partial charge in [0.25, 0.3) is 0 Å². The van der Waals surface area contributed by atoms with Crippen molar-refractivity contribution in [2.45, 2.75) is 45.1 Å². The number of benzene rings is 1. The van der Waals surface area contributed by atoms with Gasteiger partial charge >= 0.3 is 0 Å². The number of hydrogen-bond acceptors (Lipinski definition) is 3. The summed E-state index contributed by atoms with van der Waals surface area (Å²) in [4.78, 5) is 4.55. The summed E-state index contributed by atoms with van der Waals surface area (Å²) in [5.74, 6) is 2.62. The first-order valence-corrected chi connectivity index (χ1v) is 7.97. The number of aromatic nitrogens is 1. The van der Waals surface area contributed by atoms with Crippen LogP contribution in [0.3, 0.4) is 0 Å². The van der Waals surface area contributed by atoms with Gasteiger partial charge in [0, 0.05) is 17.6 Å². The van der Waals surface area contributed by atoms with Gasteiger partial charge in [0.15, 0.2) is 0 Å². The van der Waals surface area contributed by atoms with E-state index in [1.165, 1.54) is 37.5 Å². The van der Waals surface area contributed by atoms with E-state index in [1.54, 1.807) is 7.11 Å². The SMILES string of the molecule is COc1ccc2ccnc(NC(C)C3CCCCC3)c2c1. The fourth-order valence-corrected chi connectivity index (χ4v) is 3.36. The van der Waals surface area contributed by atoms with E-state index in [-0.39, 0.29) is 0 Å². The van der Waals surface area contributed by atoms with E-state index >= 15 is 0 Å². The summed E-state index contributed by atoms with van der Waals surface area (Å²) in [5, 5.41) is 5.98. The molecule has 1 heterocycles. The van der Waals surface area contributed by atoms with Crippen molar-refractivity contribution in [1.29, 1.82) is 0 Å². The number of anilines is 1. The molecule has 21 heavy (non-hydrogen) atoms. The molecular formula is C18H24N2O. The Morgan fingerprint density at radius 3 is 2.76 bits per heavy atom. The van der Waals surface area contributed by atoms with E-state index in [9.17, 15) is 0 Å². The molecule has 0 bridgehead atoms. The van der Waals surface area contributed by atoms with Crippen LogP contribution in [0.1, 0.15) is 39.0 Å². The second-order valence-corrected chi connectivity index (χ2v) is 6.08. The van der Waals surface area contributed by atoms with E-state index in [2.05, 4.69) is 29.4 Å². The molecule has 0 amide bonds. The molecule has 3 rings (SSSR count). The molecule has 1 aromatic heterocycles. The number of fused-ring (bicyclic) bond motifs is 1. The molecule has 1 aliphatic rings. The molecule has 0 aliphatic heterocycles. The van der Waals surface area contributed by atoms with E-state index in [1.807, 2.05) is 18.3 Å². The Balaban J connectivity index is 1.85. The molecule has 1 saturated carbocycles. The van der Waals surface area contributed by atoms with Crippen LogP contribution in [0.15, 0.2) is 30.5 Å². The third-order valence-electron chi connectivity index (χ3n) is 4.69. The lowest BCUT2D eigenvalue weighted by Gasteiger charge is -2.29. The van der Waals surface area contributed by atoms with Crippen molar-refractivity contribution in [1.82, 2.24) is 4.98 Å². The number of nitrogens with one attached hydrogen (secondary N) is 1. The molecule has 112 valence electrons. The molecule has 3 heteroatoms. The molecule has 1 aromatic carbocycles. The average molecular weight is 284 g/mol. The van der Waals surface area contributed by atoms with E-state index in [0.29, 0.717) is 6.04 Å². The van der Waals surface area contributed by atoms with E-state index in [4.69, 9.17) is 4.74 Å². The maximum Gasteiger partial charge on any atom is 0.134 e. The number of nitrogens with zero attached hydrogens (tertiary/aromatic N) is 1. The lowest BCUT2D eigenvalue weighted by Crippen LogP contribution is -2.28. The zero-order chi connectivity index (χ0) is 14.7.